The van der Waals surface area contributed by atoms with Gasteiger partial charge in [-0.15, -0.1) is 0 Å². The molecule has 1 aromatic rings. The molecule has 1 heterocycles. The molecule has 0 fully saturated rings. The summed E-state index contributed by atoms with van der Waals surface area (Å²) in [6.45, 7) is 1.22. The number of anilines is 1. The molecule has 0 atom stereocenters. The van der Waals surface area contributed by atoms with E-state index in [-0.39, 0.29) is 29.3 Å². The first-order valence-electron chi connectivity index (χ1n) is 4.10. The third-order valence-corrected chi connectivity index (χ3v) is 1.55. The zero-order chi connectivity index (χ0) is 11.3. The SMILES string of the molecule is CC(=O)NCC(=O)Nc1cncc(Cl)n1. The fourth-order valence-electron chi connectivity index (χ4n) is 0.794. The van der Waals surface area contributed by atoms with Gasteiger partial charge in [0, 0.05) is 6.92 Å². The Bertz CT molecular complexity index is 383. The Morgan fingerprint density at radius 1 is 1.47 bits per heavy atom. The standard InChI is InChI=1S/C8H9ClN4O2/c1-5(14)11-4-8(15)13-7-3-10-2-6(9)12-7/h2-3H,4H2,1H3,(H,11,14)(H,12,13,15). The van der Waals surface area contributed by atoms with E-state index < -0.39 is 0 Å². The van der Waals surface area contributed by atoms with Crippen LogP contribution in [0, 0.1) is 0 Å². The van der Waals surface area contributed by atoms with Crippen LogP contribution in [0.25, 0.3) is 0 Å². The van der Waals surface area contributed by atoms with E-state index >= 15 is 0 Å². The first-order valence-corrected chi connectivity index (χ1v) is 4.47. The number of carbonyl (C=O) groups excluding carboxylic acids is 2. The van der Waals surface area contributed by atoms with Gasteiger partial charge in [-0.25, -0.2) is 4.98 Å². The number of carbonyl (C=O) groups is 2. The summed E-state index contributed by atoms with van der Waals surface area (Å²) in [6, 6.07) is 0. The lowest BCUT2D eigenvalue weighted by Gasteiger charge is -2.03. The zero-order valence-electron chi connectivity index (χ0n) is 7.95. The lowest BCUT2D eigenvalue weighted by molar-refractivity contribution is -0.122. The van der Waals surface area contributed by atoms with E-state index in [9.17, 15) is 9.59 Å². The molecule has 80 valence electrons. The molecule has 0 aliphatic heterocycles. The van der Waals surface area contributed by atoms with Crippen LogP contribution >= 0.6 is 11.6 Å². The molecule has 0 aromatic carbocycles. The Morgan fingerprint density at radius 2 is 2.20 bits per heavy atom. The Labute approximate surface area is 91.1 Å². The van der Waals surface area contributed by atoms with Crippen LogP contribution in [0.4, 0.5) is 5.82 Å². The fraction of sp³-hybridized carbons (Fsp3) is 0.250. The smallest absolute Gasteiger partial charge is 0.244 e. The lowest BCUT2D eigenvalue weighted by Crippen LogP contribution is -2.31. The number of hydrogen-bond donors (Lipinski definition) is 2. The highest BCUT2D eigenvalue weighted by Gasteiger charge is 2.04. The molecular formula is C8H9ClN4O2. The third kappa shape index (κ3) is 4.37. The van der Waals surface area contributed by atoms with E-state index in [1.165, 1.54) is 19.3 Å². The molecular weight excluding hydrogens is 220 g/mol. The second-order valence-electron chi connectivity index (χ2n) is 2.68. The molecule has 1 aromatic heterocycles. The highest BCUT2D eigenvalue weighted by Crippen LogP contribution is 2.05. The van der Waals surface area contributed by atoms with Crippen molar-refractivity contribution in [2.75, 3.05) is 11.9 Å². The number of nitrogens with zero attached hydrogens (tertiary/aromatic N) is 2. The van der Waals surface area contributed by atoms with E-state index in [4.69, 9.17) is 11.6 Å². The van der Waals surface area contributed by atoms with Gasteiger partial charge in [0.05, 0.1) is 18.9 Å². The van der Waals surface area contributed by atoms with E-state index in [2.05, 4.69) is 20.6 Å². The van der Waals surface area contributed by atoms with Crippen molar-refractivity contribution in [1.82, 2.24) is 15.3 Å². The second kappa shape index (κ2) is 5.26. The van der Waals surface area contributed by atoms with E-state index in [1.54, 1.807) is 0 Å². The summed E-state index contributed by atoms with van der Waals surface area (Å²) < 4.78 is 0. The summed E-state index contributed by atoms with van der Waals surface area (Å²) in [5.41, 5.74) is 0. The number of amides is 2. The Morgan fingerprint density at radius 3 is 2.80 bits per heavy atom. The molecule has 6 nitrogen and oxygen atoms in total. The van der Waals surface area contributed by atoms with Gasteiger partial charge < -0.3 is 10.6 Å². The number of rotatable bonds is 3. The quantitative estimate of drug-likeness (QED) is 0.774. The molecule has 0 aliphatic carbocycles. The van der Waals surface area contributed by atoms with Gasteiger partial charge in [-0.1, -0.05) is 11.6 Å². The van der Waals surface area contributed by atoms with Crippen LogP contribution in [-0.2, 0) is 9.59 Å². The van der Waals surface area contributed by atoms with Crippen LogP contribution in [-0.4, -0.2) is 28.3 Å². The van der Waals surface area contributed by atoms with Crippen molar-refractivity contribution in [3.8, 4) is 0 Å². The average molecular weight is 229 g/mol. The normalized spacial score (nSPS) is 9.47. The van der Waals surface area contributed by atoms with Gasteiger partial charge in [-0.2, -0.15) is 0 Å². The molecule has 2 amide bonds. The van der Waals surface area contributed by atoms with Gasteiger partial charge in [0.25, 0.3) is 0 Å². The molecule has 1 rings (SSSR count). The monoisotopic (exact) mass is 228 g/mol. The number of hydrogen-bond acceptors (Lipinski definition) is 4. The maximum Gasteiger partial charge on any atom is 0.244 e. The van der Waals surface area contributed by atoms with E-state index in [1.807, 2.05) is 0 Å². The molecule has 0 aliphatic rings. The zero-order valence-corrected chi connectivity index (χ0v) is 8.71. The highest BCUT2D eigenvalue weighted by atomic mass is 35.5. The Hall–Kier alpha value is -1.69. The second-order valence-corrected chi connectivity index (χ2v) is 3.07. The minimum Gasteiger partial charge on any atom is -0.347 e. The topological polar surface area (TPSA) is 84.0 Å². The minimum atomic E-state index is -0.387. The summed E-state index contributed by atoms with van der Waals surface area (Å²) in [6.07, 6.45) is 2.71. The van der Waals surface area contributed by atoms with Gasteiger partial charge in [0.1, 0.15) is 5.15 Å². The first kappa shape index (κ1) is 11.4. The van der Waals surface area contributed by atoms with Crippen molar-refractivity contribution in [3.63, 3.8) is 0 Å². The molecule has 2 N–H and O–H groups in total. The van der Waals surface area contributed by atoms with Gasteiger partial charge in [0.2, 0.25) is 11.8 Å². The van der Waals surface area contributed by atoms with Crippen molar-refractivity contribution >= 4 is 29.2 Å². The molecule has 0 saturated carbocycles. The van der Waals surface area contributed by atoms with E-state index in [0.29, 0.717) is 0 Å². The largest absolute Gasteiger partial charge is 0.347 e. The highest BCUT2D eigenvalue weighted by molar-refractivity contribution is 6.29. The predicted octanol–water partition coefficient (Wildman–Crippen LogP) is 0.205. The molecule has 7 heteroatoms. The number of nitrogens with one attached hydrogen (secondary N) is 2. The average Bonchev–Trinajstić information content (AvgIpc) is 2.15. The first-order chi connectivity index (χ1) is 7.08. The molecule has 0 saturated heterocycles. The van der Waals surface area contributed by atoms with Crippen molar-refractivity contribution in [1.29, 1.82) is 0 Å². The summed E-state index contributed by atoms with van der Waals surface area (Å²) in [5.74, 6) is -0.415. The van der Waals surface area contributed by atoms with Crippen LogP contribution in [0.1, 0.15) is 6.92 Å². The van der Waals surface area contributed by atoms with Gasteiger partial charge >= 0.3 is 0 Å². The van der Waals surface area contributed by atoms with Crippen molar-refractivity contribution in [2.45, 2.75) is 6.92 Å². The molecule has 0 radical (unpaired) electrons. The summed E-state index contributed by atoms with van der Waals surface area (Å²) in [5, 5.41) is 4.96. The molecule has 0 spiro atoms. The van der Waals surface area contributed by atoms with Crippen LogP contribution in [0.2, 0.25) is 5.15 Å². The third-order valence-electron chi connectivity index (χ3n) is 1.37. The lowest BCUT2D eigenvalue weighted by atomic mass is 10.5. The van der Waals surface area contributed by atoms with Crippen LogP contribution in [0.15, 0.2) is 12.4 Å². The van der Waals surface area contributed by atoms with Crippen LogP contribution < -0.4 is 10.6 Å². The Kier molecular flexibility index (Phi) is 3.99. The number of aromatic nitrogens is 2. The van der Waals surface area contributed by atoms with E-state index in [0.717, 1.165) is 0 Å². The fourth-order valence-corrected chi connectivity index (χ4v) is 0.942. The van der Waals surface area contributed by atoms with Gasteiger partial charge in [-0.05, 0) is 0 Å². The van der Waals surface area contributed by atoms with Gasteiger partial charge in [0.15, 0.2) is 5.82 Å². The Balaban J connectivity index is 2.48. The molecule has 0 bridgehead atoms. The van der Waals surface area contributed by atoms with Crippen molar-refractivity contribution < 1.29 is 9.59 Å². The molecule has 0 unspecified atom stereocenters. The molecule has 15 heavy (non-hydrogen) atoms. The summed E-state index contributed by atoms with van der Waals surface area (Å²) in [4.78, 5) is 29.2. The summed E-state index contributed by atoms with van der Waals surface area (Å²) >= 11 is 5.56. The van der Waals surface area contributed by atoms with Gasteiger partial charge in [-0.3, -0.25) is 14.6 Å². The summed E-state index contributed by atoms with van der Waals surface area (Å²) in [7, 11) is 0. The van der Waals surface area contributed by atoms with Crippen molar-refractivity contribution in [2.24, 2.45) is 0 Å². The predicted molar refractivity (Wildman–Crippen MR) is 54.4 cm³/mol. The van der Waals surface area contributed by atoms with Crippen molar-refractivity contribution in [3.05, 3.63) is 17.5 Å². The number of halogens is 1. The minimum absolute atomic E-state index is 0.108. The van der Waals surface area contributed by atoms with Crippen LogP contribution in [0.5, 0.6) is 0 Å². The van der Waals surface area contributed by atoms with Crippen LogP contribution in [0.3, 0.4) is 0 Å². The maximum absolute atomic E-state index is 11.2. The maximum atomic E-state index is 11.2.